The predicted octanol–water partition coefficient (Wildman–Crippen LogP) is 2.19. The zero-order valence-corrected chi connectivity index (χ0v) is 11.6. The Morgan fingerprint density at radius 3 is 2.88 bits per heavy atom. The first-order valence-electron chi connectivity index (χ1n) is 6.64. The highest BCUT2D eigenvalue weighted by Gasteiger charge is 2.34. The molecule has 2 aliphatic rings. The molecule has 0 aromatic rings. The molecule has 0 aromatic heterocycles. The fraction of sp³-hybridized carbons (Fsp3) is 1.00. The van der Waals surface area contributed by atoms with E-state index in [1.165, 1.54) is 43.9 Å². The van der Waals surface area contributed by atoms with Gasteiger partial charge in [0, 0.05) is 19.1 Å². The topological polar surface area (TPSA) is 29.3 Å². The SMILES string of the molecule is CC1(C)CCCN(C(CN)C2CCSC2)C1. The van der Waals surface area contributed by atoms with Crippen molar-refractivity contribution in [3.63, 3.8) is 0 Å². The van der Waals surface area contributed by atoms with Crippen molar-refractivity contribution in [2.75, 3.05) is 31.1 Å². The standard InChI is InChI=1S/C13H26N2S/c1-13(2)5-3-6-15(10-13)12(8-14)11-4-7-16-9-11/h11-12H,3-10,14H2,1-2H3. The number of hydrogen-bond donors (Lipinski definition) is 1. The van der Waals surface area contributed by atoms with Crippen LogP contribution in [0, 0.1) is 11.3 Å². The second-order valence-corrected chi connectivity index (χ2v) is 7.31. The zero-order chi connectivity index (χ0) is 11.6. The molecule has 0 bridgehead atoms. The number of thioether (sulfide) groups is 1. The van der Waals surface area contributed by atoms with Crippen molar-refractivity contribution in [3.8, 4) is 0 Å². The van der Waals surface area contributed by atoms with E-state index >= 15 is 0 Å². The molecule has 0 saturated carbocycles. The molecule has 2 heterocycles. The molecule has 2 N–H and O–H groups in total. The Bertz CT molecular complexity index is 224. The first-order chi connectivity index (χ1) is 7.62. The maximum atomic E-state index is 6.02. The van der Waals surface area contributed by atoms with Crippen LogP contribution in [0.25, 0.3) is 0 Å². The molecule has 2 nitrogen and oxygen atoms in total. The minimum Gasteiger partial charge on any atom is -0.329 e. The first kappa shape index (κ1) is 12.7. The minimum absolute atomic E-state index is 0.497. The van der Waals surface area contributed by atoms with Gasteiger partial charge in [-0.25, -0.2) is 0 Å². The van der Waals surface area contributed by atoms with E-state index in [1.54, 1.807) is 0 Å². The van der Waals surface area contributed by atoms with E-state index in [2.05, 4.69) is 30.5 Å². The summed E-state index contributed by atoms with van der Waals surface area (Å²) in [6, 6.07) is 0.648. The van der Waals surface area contributed by atoms with Gasteiger partial charge in [0.1, 0.15) is 0 Å². The molecule has 3 heteroatoms. The van der Waals surface area contributed by atoms with E-state index in [0.717, 1.165) is 12.5 Å². The summed E-state index contributed by atoms with van der Waals surface area (Å²) in [5.41, 5.74) is 6.52. The molecule has 2 fully saturated rings. The van der Waals surface area contributed by atoms with Gasteiger partial charge in [0.2, 0.25) is 0 Å². The monoisotopic (exact) mass is 242 g/mol. The summed E-state index contributed by atoms with van der Waals surface area (Å²) < 4.78 is 0. The van der Waals surface area contributed by atoms with Gasteiger partial charge in [-0.05, 0) is 48.6 Å². The lowest BCUT2D eigenvalue weighted by Crippen LogP contribution is -2.51. The lowest BCUT2D eigenvalue weighted by atomic mass is 9.82. The molecule has 16 heavy (non-hydrogen) atoms. The van der Waals surface area contributed by atoms with Crippen LogP contribution in [0.1, 0.15) is 33.1 Å². The molecule has 0 amide bonds. The van der Waals surface area contributed by atoms with Crippen molar-refractivity contribution >= 4 is 11.8 Å². The number of hydrogen-bond acceptors (Lipinski definition) is 3. The van der Waals surface area contributed by atoms with E-state index in [4.69, 9.17) is 5.73 Å². The van der Waals surface area contributed by atoms with Gasteiger partial charge < -0.3 is 5.73 Å². The summed E-state index contributed by atoms with van der Waals surface area (Å²) in [6.45, 7) is 8.16. The third kappa shape index (κ3) is 2.93. The summed E-state index contributed by atoms with van der Waals surface area (Å²) in [4.78, 5) is 2.68. The molecule has 2 unspecified atom stereocenters. The summed E-state index contributed by atoms with van der Waals surface area (Å²) in [7, 11) is 0. The van der Waals surface area contributed by atoms with E-state index in [1.807, 2.05) is 0 Å². The molecular weight excluding hydrogens is 216 g/mol. The van der Waals surface area contributed by atoms with Crippen molar-refractivity contribution in [2.24, 2.45) is 17.1 Å². The number of likely N-dealkylation sites (tertiary alicyclic amines) is 1. The zero-order valence-electron chi connectivity index (χ0n) is 10.7. The van der Waals surface area contributed by atoms with E-state index in [0.29, 0.717) is 11.5 Å². The van der Waals surface area contributed by atoms with Gasteiger partial charge >= 0.3 is 0 Å². The van der Waals surface area contributed by atoms with Crippen molar-refractivity contribution < 1.29 is 0 Å². The summed E-state index contributed by atoms with van der Waals surface area (Å²) >= 11 is 2.11. The van der Waals surface area contributed by atoms with Crippen LogP contribution in [0.2, 0.25) is 0 Å². The molecule has 2 saturated heterocycles. The molecule has 94 valence electrons. The van der Waals surface area contributed by atoms with Gasteiger partial charge in [-0.15, -0.1) is 0 Å². The van der Waals surface area contributed by atoms with Crippen LogP contribution >= 0.6 is 11.8 Å². The van der Waals surface area contributed by atoms with Crippen LogP contribution in [-0.2, 0) is 0 Å². The normalized spacial score (nSPS) is 32.8. The molecule has 2 aliphatic heterocycles. The van der Waals surface area contributed by atoms with Gasteiger partial charge in [-0.2, -0.15) is 11.8 Å². The molecule has 0 spiro atoms. The molecule has 0 aliphatic carbocycles. The maximum Gasteiger partial charge on any atom is 0.0255 e. The second kappa shape index (κ2) is 5.28. The number of rotatable bonds is 3. The minimum atomic E-state index is 0.497. The lowest BCUT2D eigenvalue weighted by molar-refractivity contribution is 0.0601. The number of nitrogens with two attached hydrogens (primary N) is 1. The summed E-state index contributed by atoms with van der Waals surface area (Å²) in [5.74, 6) is 3.53. The quantitative estimate of drug-likeness (QED) is 0.822. The first-order valence-corrected chi connectivity index (χ1v) is 7.80. The Morgan fingerprint density at radius 1 is 1.50 bits per heavy atom. The summed E-state index contributed by atoms with van der Waals surface area (Å²) in [5, 5.41) is 0. The highest BCUT2D eigenvalue weighted by Crippen LogP contribution is 2.34. The van der Waals surface area contributed by atoms with Crippen LogP contribution in [0.15, 0.2) is 0 Å². The van der Waals surface area contributed by atoms with Gasteiger partial charge in [0.05, 0.1) is 0 Å². The van der Waals surface area contributed by atoms with Crippen molar-refractivity contribution in [1.82, 2.24) is 4.90 Å². The Labute approximate surface area is 104 Å². The van der Waals surface area contributed by atoms with Crippen molar-refractivity contribution in [3.05, 3.63) is 0 Å². The Balaban J connectivity index is 1.97. The smallest absolute Gasteiger partial charge is 0.0255 e. The Hall–Kier alpha value is 0.270. The van der Waals surface area contributed by atoms with Crippen LogP contribution in [-0.4, -0.2) is 42.1 Å². The molecule has 2 atom stereocenters. The molecule has 2 rings (SSSR count). The lowest BCUT2D eigenvalue weighted by Gasteiger charge is -2.43. The molecule has 0 radical (unpaired) electrons. The van der Waals surface area contributed by atoms with Crippen LogP contribution in [0.4, 0.5) is 0 Å². The van der Waals surface area contributed by atoms with Crippen molar-refractivity contribution in [2.45, 2.75) is 39.2 Å². The largest absolute Gasteiger partial charge is 0.329 e. The highest BCUT2D eigenvalue weighted by molar-refractivity contribution is 7.99. The Morgan fingerprint density at radius 2 is 2.31 bits per heavy atom. The highest BCUT2D eigenvalue weighted by atomic mass is 32.2. The molecular formula is C13H26N2S. The number of piperidine rings is 1. The fourth-order valence-electron chi connectivity index (χ4n) is 3.25. The average molecular weight is 242 g/mol. The Kier molecular flexibility index (Phi) is 4.20. The second-order valence-electron chi connectivity index (χ2n) is 6.16. The van der Waals surface area contributed by atoms with E-state index in [-0.39, 0.29) is 0 Å². The van der Waals surface area contributed by atoms with Crippen LogP contribution < -0.4 is 5.73 Å². The average Bonchev–Trinajstić information content (AvgIpc) is 2.71. The van der Waals surface area contributed by atoms with Crippen molar-refractivity contribution in [1.29, 1.82) is 0 Å². The van der Waals surface area contributed by atoms with Crippen LogP contribution in [0.3, 0.4) is 0 Å². The summed E-state index contributed by atoms with van der Waals surface area (Å²) in [6.07, 6.45) is 4.10. The van der Waals surface area contributed by atoms with Gasteiger partial charge in [-0.3, -0.25) is 4.90 Å². The van der Waals surface area contributed by atoms with Gasteiger partial charge in [0.25, 0.3) is 0 Å². The third-order valence-electron chi connectivity index (χ3n) is 4.15. The van der Waals surface area contributed by atoms with Gasteiger partial charge in [-0.1, -0.05) is 13.8 Å². The van der Waals surface area contributed by atoms with Crippen LogP contribution in [0.5, 0.6) is 0 Å². The predicted molar refractivity (Wildman–Crippen MR) is 72.9 cm³/mol. The maximum absolute atomic E-state index is 6.02. The van der Waals surface area contributed by atoms with Gasteiger partial charge in [0.15, 0.2) is 0 Å². The van der Waals surface area contributed by atoms with E-state index in [9.17, 15) is 0 Å². The van der Waals surface area contributed by atoms with E-state index < -0.39 is 0 Å². The number of nitrogens with zero attached hydrogens (tertiary/aromatic N) is 1. The molecule has 0 aromatic carbocycles. The third-order valence-corrected chi connectivity index (χ3v) is 5.34. The fourth-order valence-corrected chi connectivity index (χ4v) is 4.58.